The number of carbonyl (C=O) groups excluding carboxylic acids is 2. The lowest BCUT2D eigenvalue weighted by atomic mass is 9.96. The Bertz CT molecular complexity index is 1120. The number of phenolic OH excluding ortho intramolecular Hbond substituents is 4. The van der Waals surface area contributed by atoms with E-state index in [2.05, 4.69) is 4.74 Å². The van der Waals surface area contributed by atoms with E-state index in [1.165, 1.54) is 31.4 Å². The van der Waals surface area contributed by atoms with Gasteiger partial charge in [-0.3, -0.25) is 9.59 Å². The van der Waals surface area contributed by atoms with Crippen molar-refractivity contribution in [1.82, 2.24) is 0 Å². The summed E-state index contributed by atoms with van der Waals surface area (Å²) >= 11 is 0. The van der Waals surface area contributed by atoms with E-state index in [9.17, 15) is 24.0 Å². The summed E-state index contributed by atoms with van der Waals surface area (Å²) in [7, 11) is 1.31. The van der Waals surface area contributed by atoms with Crippen LogP contribution >= 0.6 is 0 Å². The molecule has 0 heterocycles. The first-order valence-corrected chi connectivity index (χ1v) is 10.8. The van der Waals surface area contributed by atoms with Crippen molar-refractivity contribution < 1.29 is 74.3 Å². The Morgan fingerprint density at radius 3 is 1.59 bits per heavy atom. The van der Waals surface area contributed by atoms with Crippen LogP contribution in [-0.2, 0) is 23.9 Å². The normalized spacial score (nSPS) is 10.0. The molecule has 39 heavy (non-hydrogen) atoms. The molecule has 0 spiro atoms. The van der Waals surface area contributed by atoms with Crippen LogP contribution in [0.1, 0.15) is 46.9 Å². The van der Waals surface area contributed by atoms with Crippen molar-refractivity contribution in [2.75, 3.05) is 13.7 Å². The highest BCUT2D eigenvalue weighted by Crippen LogP contribution is 2.35. The van der Waals surface area contributed by atoms with E-state index in [1.54, 1.807) is 0 Å². The van der Waals surface area contributed by atoms with E-state index in [0.29, 0.717) is 12.0 Å². The second kappa shape index (κ2) is 15.9. The maximum absolute atomic E-state index is 11.3. The number of aromatic hydroxyl groups is 4. The van der Waals surface area contributed by atoms with Crippen LogP contribution in [0.3, 0.4) is 0 Å². The Morgan fingerprint density at radius 1 is 0.769 bits per heavy atom. The molecule has 0 fully saturated rings. The van der Waals surface area contributed by atoms with Crippen molar-refractivity contribution in [3.05, 3.63) is 47.5 Å². The van der Waals surface area contributed by atoms with E-state index in [4.69, 9.17) is 45.6 Å². The minimum Gasteiger partial charge on any atom is -0.508 e. The average Bonchev–Trinajstić information content (AvgIpc) is 2.85. The monoisotopic (exact) mass is 556 g/mol. The van der Waals surface area contributed by atoms with Crippen LogP contribution in [0.2, 0.25) is 0 Å². The predicted molar refractivity (Wildman–Crippen MR) is 129 cm³/mol. The van der Waals surface area contributed by atoms with Gasteiger partial charge < -0.3 is 50.3 Å². The molecule has 2 aromatic carbocycles. The molecule has 8 N–H and O–H groups in total. The number of ether oxygens (including phenoxy) is 2. The van der Waals surface area contributed by atoms with Gasteiger partial charge in [0.15, 0.2) is 22.8 Å². The van der Waals surface area contributed by atoms with Crippen LogP contribution in [0.4, 0.5) is 0 Å². The second-order valence-corrected chi connectivity index (χ2v) is 7.52. The highest BCUT2D eigenvalue weighted by Gasteiger charge is 2.40. The third kappa shape index (κ3) is 12.2. The molecule has 0 amide bonds. The fourth-order valence-corrected chi connectivity index (χ4v) is 2.43. The number of carboxylic acid groups (broad SMARTS) is 3. The van der Waals surface area contributed by atoms with E-state index in [-0.39, 0.29) is 17.9 Å². The van der Waals surface area contributed by atoms with E-state index in [1.807, 2.05) is 6.92 Å². The molecule has 0 aliphatic heterocycles. The van der Waals surface area contributed by atoms with Crippen LogP contribution in [0.5, 0.6) is 23.0 Å². The molecular formula is C24H28O15. The van der Waals surface area contributed by atoms with Gasteiger partial charge in [-0.2, -0.15) is 0 Å². The third-order valence-electron chi connectivity index (χ3n) is 4.32. The summed E-state index contributed by atoms with van der Waals surface area (Å²) < 4.78 is 9.24. The van der Waals surface area contributed by atoms with E-state index < -0.39 is 65.5 Å². The molecule has 0 aliphatic carbocycles. The van der Waals surface area contributed by atoms with E-state index >= 15 is 0 Å². The Balaban J connectivity index is 0.000000562. The van der Waals surface area contributed by atoms with Crippen LogP contribution < -0.4 is 0 Å². The van der Waals surface area contributed by atoms with Crippen LogP contribution in [-0.4, -0.2) is 90.0 Å². The summed E-state index contributed by atoms with van der Waals surface area (Å²) in [5.41, 5.74) is -2.31. The summed E-state index contributed by atoms with van der Waals surface area (Å²) in [6.07, 6.45) is -1.61. The van der Waals surface area contributed by atoms with Crippen molar-refractivity contribution in [3.63, 3.8) is 0 Å². The van der Waals surface area contributed by atoms with Gasteiger partial charge in [-0.25, -0.2) is 14.4 Å². The Morgan fingerprint density at radius 2 is 1.23 bits per heavy atom. The quantitative estimate of drug-likeness (QED) is 0.160. The van der Waals surface area contributed by atoms with Gasteiger partial charge in [-0.05, 0) is 42.8 Å². The van der Waals surface area contributed by atoms with Gasteiger partial charge in [0.05, 0.1) is 37.7 Å². The second-order valence-electron chi connectivity index (χ2n) is 7.52. The van der Waals surface area contributed by atoms with Gasteiger partial charge in [-0.1, -0.05) is 6.92 Å². The SMILES string of the molecule is CCCOC(=O)c1cc(O)c(O)c(O)c1.COC(=O)c1ccc(O)cc1.O=C(O)CC(O)(CC(=O)O)C(=O)O. The Hall–Kier alpha value is -5.05. The molecule has 0 saturated heterocycles. The number of aliphatic carboxylic acids is 3. The van der Waals surface area contributed by atoms with Gasteiger partial charge >= 0.3 is 29.8 Å². The summed E-state index contributed by atoms with van der Waals surface area (Å²) in [6.45, 7) is 2.11. The van der Waals surface area contributed by atoms with Crippen molar-refractivity contribution in [2.24, 2.45) is 0 Å². The third-order valence-corrected chi connectivity index (χ3v) is 4.32. The number of hydrogen-bond donors (Lipinski definition) is 8. The zero-order valence-corrected chi connectivity index (χ0v) is 20.7. The molecule has 214 valence electrons. The lowest BCUT2D eigenvalue weighted by molar-refractivity contribution is -0.170. The number of phenols is 4. The van der Waals surface area contributed by atoms with Gasteiger partial charge in [0.25, 0.3) is 0 Å². The molecule has 15 heteroatoms. The first-order chi connectivity index (χ1) is 18.1. The lowest BCUT2D eigenvalue weighted by Gasteiger charge is -2.18. The molecule has 2 rings (SSSR count). The Labute approximate surface area is 220 Å². The number of aliphatic hydroxyl groups is 1. The summed E-state index contributed by atoms with van der Waals surface area (Å²) in [6, 6.07) is 7.95. The molecule has 0 saturated carbocycles. The van der Waals surface area contributed by atoms with E-state index in [0.717, 1.165) is 12.1 Å². The molecule has 0 aromatic heterocycles. The smallest absolute Gasteiger partial charge is 0.338 e. The number of esters is 2. The number of carboxylic acids is 3. The minimum absolute atomic E-state index is 0.00347. The minimum atomic E-state index is -2.74. The zero-order valence-electron chi connectivity index (χ0n) is 20.7. The number of rotatable bonds is 9. The van der Waals surface area contributed by atoms with Gasteiger partial charge in [0, 0.05) is 0 Å². The highest BCUT2D eigenvalue weighted by molar-refractivity contribution is 5.91. The van der Waals surface area contributed by atoms with Gasteiger partial charge in [0.1, 0.15) is 5.75 Å². The van der Waals surface area contributed by atoms with Crippen LogP contribution in [0, 0.1) is 0 Å². The molecule has 15 nitrogen and oxygen atoms in total. The standard InChI is InChI=1S/C10H12O5.C8H8O3.C6H8O7/c1-2-3-15-10(14)6-4-7(11)9(13)8(12)5-6;1-11-8(10)6-2-4-7(9)5-3-6;7-3(8)1-6(13,5(11)12)2-4(9)10/h4-5,11-13H,2-3H2,1H3;2-5,9H,1H3;13H,1-2H2,(H,7,8)(H,9,10)(H,11,12). The highest BCUT2D eigenvalue weighted by atomic mass is 16.5. The first kappa shape index (κ1) is 34.0. The number of carbonyl (C=O) groups is 5. The predicted octanol–water partition coefficient (Wildman–Crippen LogP) is 1.30. The van der Waals surface area contributed by atoms with Crippen molar-refractivity contribution in [3.8, 4) is 23.0 Å². The zero-order chi connectivity index (χ0) is 30.3. The maximum Gasteiger partial charge on any atom is 0.338 e. The Kier molecular flexibility index (Phi) is 13.9. The number of hydrogen-bond acceptors (Lipinski definition) is 12. The molecule has 0 aliphatic rings. The topological polar surface area (TPSA) is 266 Å². The molecule has 0 bridgehead atoms. The summed E-state index contributed by atoms with van der Waals surface area (Å²) in [4.78, 5) is 52.6. The van der Waals surface area contributed by atoms with Crippen LogP contribution in [0.25, 0.3) is 0 Å². The van der Waals surface area contributed by atoms with Crippen LogP contribution in [0.15, 0.2) is 36.4 Å². The number of methoxy groups -OCH3 is 1. The van der Waals surface area contributed by atoms with Crippen molar-refractivity contribution in [2.45, 2.75) is 31.8 Å². The lowest BCUT2D eigenvalue weighted by Crippen LogP contribution is -2.42. The molecule has 0 atom stereocenters. The maximum atomic E-state index is 11.3. The molecule has 2 aromatic rings. The fraction of sp³-hybridized carbons (Fsp3) is 0.292. The first-order valence-electron chi connectivity index (χ1n) is 10.8. The van der Waals surface area contributed by atoms with Crippen molar-refractivity contribution >= 4 is 29.8 Å². The van der Waals surface area contributed by atoms with Crippen molar-refractivity contribution in [1.29, 1.82) is 0 Å². The fourth-order valence-electron chi connectivity index (χ4n) is 2.43. The molecule has 0 radical (unpaired) electrons. The summed E-state index contributed by atoms with van der Waals surface area (Å²) in [5.74, 6) is -7.70. The summed E-state index contributed by atoms with van der Waals surface area (Å²) in [5, 5.41) is 70.0. The van der Waals surface area contributed by atoms with Gasteiger partial charge in [-0.15, -0.1) is 0 Å². The molecule has 0 unspecified atom stereocenters. The number of benzene rings is 2. The van der Waals surface area contributed by atoms with Gasteiger partial charge in [0.2, 0.25) is 0 Å². The largest absolute Gasteiger partial charge is 0.508 e. The molecular weight excluding hydrogens is 528 g/mol. The average molecular weight is 556 g/mol.